The van der Waals surface area contributed by atoms with Gasteiger partial charge in [-0.1, -0.05) is 24.6 Å². The summed E-state index contributed by atoms with van der Waals surface area (Å²) in [7, 11) is 0. The van der Waals surface area contributed by atoms with E-state index < -0.39 is 0 Å². The Morgan fingerprint density at radius 3 is 2.67 bits per heavy atom. The normalized spacial score (nSPS) is 12.7. The molecule has 0 aliphatic carbocycles. The third-order valence-electron chi connectivity index (χ3n) is 3.30. The first-order valence-corrected chi connectivity index (χ1v) is 7.64. The van der Waals surface area contributed by atoms with Crippen LogP contribution in [0, 0.1) is 0 Å². The third kappa shape index (κ3) is 3.99. The molecule has 0 fully saturated rings. The van der Waals surface area contributed by atoms with E-state index in [1.54, 1.807) is 6.20 Å². The lowest BCUT2D eigenvalue weighted by Crippen LogP contribution is -2.17. The standard InChI is InChI=1S/C16H22ClN3O/c1-5-18-12(4)13-6-7-16(15(17)8-13)21-14-9-19-20(10-14)11(2)3/h6-12,18H,5H2,1-4H3. The van der Waals surface area contributed by atoms with E-state index in [0.717, 1.165) is 12.1 Å². The van der Waals surface area contributed by atoms with Crippen LogP contribution in [0.4, 0.5) is 0 Å². The van der Waals surface area contributed by atoms with Gasteiger partial charge in [-0.3, -0.25) is 4.68 Å². The Morgan fingerprint density at radius 2 is 2.10 bits per heavy atom. The summed E-state index contributed by atoms with van der Waals surface area (Å²) in [6.07, 6.45) is 3.57. The molecule has 0 amide bonds. The van der Waals surface area contributed by atoms with Crippen LogP contribution in [0.15, 0.2) is 30.6 Å². The lowest BCUT2D eigenvalue weighted by atomic mass is 10.1. The van der Waals surface area contributed by atoms with Crippen molar-refractivity contribution >= 4 is 11.6 Å². The molecule has 2 aromatic rings. The van der Waals surface area contributed by atoms with Crippen LogP contribution in [-0.4, -0.2) is 16.3 Å². The van der Waals surface area contributed by atoms with Crippen molar-refractivity contribution in [2.45, 2.75) is 39.8 Å². The summed E-state index contributed by atoms with van der Waals surface area (Å²) in [6.45, 7) is 9.26. The highest BCUT2D eigenvalue weighted by Gasteiger charge is 2.10. The quantitative estimate of drug-likeness (QED) is 0.849. The number of hydrogen-bond acceptors (Lipinski definition) is 3. The summed E-state index contributed by atoms with van der Waals surface area (Å²) < 4.78 is 7.65. The van der Waals surface area contributed by atoms with E-state index in [1.165, 1.54) is 0 Å². The number of ether oxygens (including phenoxy) is 1. The Hall–Kier alpha value is -1.52. The molecule has 0 spiro atoms. The fourth-order valence-electron chi connectivity index (χ4n) is 2.08. The van der Waals surface area contributed by atoms with Gasteiger partial charge < -0.3 is 10.1 Å². The number of aromatic nitrogens is 2. The van der Waals surface area contributed by atoms with Gasteiger partial charge in [0.2, 0.25) is 0 Å². The molecule has 1 aromatic heterocycles. The summed E-state index contributed by atoms with van der Waals surface area (Å²) in [5.74, 6) is 1.34. The minimum Gasteiger partial charge on any atom is -0.452 e. The topological polar surface area (TPSA) is 39.1 Å². The summed E-state index contributed by atoms with van der Waals surface area (Å²) in [5, 5.41) is 8.22. The fraction of sp³-hybridized carbons (Fsp3) is 0.438. The van der Waals surface area contributed by atoms with Gasteiger partial charge in [-0.15, -0.1) is 0 Å². The smallest absolute Gasteiger partial charge is 0.165 e. The SMILES string of the molecule is CCNC(C)c1ccc(Oc2cnn(C(C)C)c2)c(Cl)c1. The van der Waals surface area contributed by atoms with E-state index in [-0.39, 0.29) is 6.04 Å². The molecule has 0 aliphatic heterocycles. The second-order valence-corrected chi connectivity index (χ2v) is 5.73. The Bertz CT molecular complexity index is 595. The van der Waals surface area contributed by atoms with Crippen molar-refractivity contribution in [2.75, 3.05) is 6.54 Å². The van der Waals surface area contributed by atoms with Gasteiger partial charge in [0.1, 0.15) is 5.75 Å². The van der Waals surface area contributed by atoms with Crippen molar-refractivity contribution in [1.29, 1.82) is 0 Å². The number of nitrogens with one attached hydrogen (secondary N) is 1. The first-order chi connectivity index (χ1) is 10.0. The van der Waals surface area contributed by atoms with E-state index in [0.29, 0.717) is 22.6 Å². The van der Waals surface area contributed by atoms with Crippen LogP contribution < -0.4 is 10.1 Å². The van der Waals surface area contributed by atoms with Gasteiger partial charge in [-0.05, 0) is 45.0 Å². The Morgan fingerprint density at radius 1 is 1.33 bits per heavy atom. The van der Waals surface area contributed by atoms with Crippen molar-refractivity contribution < 1.29 is 4.74 Å². The van der Waals surface area contributed by atoms with Gasteiger partial charge in [0.25, 0.3) is 0 Å². The van der Waals surface area contributed by atoms with E-state index in [4.69, 9.17) is 16.3 Å². The van der Waals surface area contributed by atoms with Crippen LogP contribution in [0.3, 0.4) is 0 Å². The molecule has 1 unspecified atom stereocenters. The number of hydrogen-bond donors (Lipinski definition) is 1. The molecule has 0 aliphatic rings. The first-order valence-electron chi connectivity index (χ1n) is 7.26. The lowest BCUT2D eigenvalue weighted by molar-refractivity contribution is 0.476. The largest absolute Gasteiger partial charge is 0.452 e. The second-order valence-electron chi connectivity index (χ2n) is 5.32. The van der Waals surface area contributed by atoms with Gasteiger partial charge in [0.15, 0.2) is 5.75 Å². The molecule has 0 saturated heterocycles. The highest BCUT2D eigenvalue weighted by molar-refractivity contribution is 6.32. The average molecular weight is 308 g/mol. The van der Waals surface area contributed by atoms with Crippen LogP contribution in [0.1, 0.15) is 45.3 Å². The highest BCUT2D eigenvalue weighted by atomic mass is 35.5. The van der Waals surface area contributed by atoms with Crippen LogP contribution in [-0.2, 0) is 0 Å². The summed E-state index contributed by atoms with van der Waals surface area (Å²) in [5.41, 5.74) is 1.15. The maximum atomic E-state index is 6.31. The van der Waals surface area contributed by atoms with Gasteiger partial charge in [-0.25, -0.2) is 0 Å². The summed E-state index contributed by atoms with van der Waals surface area (Å²) in [6, 6.07) is 6.45. The monoisotopic (exact) mass is 307 g/mol. The van der Waals surface area contributed by atoms with Crippen molar-refractivity contribution in [3.63, 3.8) is 0 Å². The third-order valence-corrected chi connectivity index (χ3v) is 3.60. The van der Waals surface area contributed by atoms with Gasteiger partial charge in [-0.2, -0.15) is 5.10 Å². The zero-order chi connectivity index (χ0) is 15.4. The minimum absolute atomic E-state index is 0.269. The van der Waals surface area contributed by atoms with Crippen molar-refractivity contribution in [1.82, 2.24) is 15.1 Å². The number of benzene rings is 1. The Kier molecular flexibility index (Phi) is 5.26. The predicted octanol–water partition coefficient (Wildman–Crippen LogP) is 4.58. The number of rotatable bonds is 6. The van der Waals surface area contributed by atoms with Crippen LogP contribution in [0.25, 0.3) is 0 Å². The van der Waals surface area contributed by atoms with Crippen LogP contribution in [0.2, 0.25) is 5.02 Å². The lowest BCUT2D eigenvalue weighted by Gasteiger charge is -2.14. The molecule has 21 heavy (non-hydrogen) atoms. The zero-order valence-electron chi connectivity index (χ0n) is 12.9. The second kappa shape index (κ2) is 6.96. The molecular weight excluding hydrogens is 286 g/mol. The number of nitrogens with zero attached hydrogens (tertiary/aromatic N) is 2. The van der Waals surface area contributed by atoms with Crippen molar-refractivity contribution in [3.05, 3.63) is 41.2 Å². The van der Waals surface area contributed by atoms with Gasteiger partial charge in [0.05, 0.1) is 17.4 Å². The molecule has 1 heterocycles. The van der Waals surface area contributed by atoms with E-state index in [2.05, 4.69) is 38.1 Å². The zero-order valence-corrected chi connectivity index (χ0v) is 13.7. The Balaban J connectivity index is 2.13. The maximum Gasteiger partial charge on any atom is 0.165 e. The fourth-order valence-corrected chi connectivity index (χ4v) is 2.30. The van der Waals surface area contributed by atoms with Crippen LogP contribution in [0.5, 0.6) is 11.5 Å². The maximum absolute atomic E-state index is 6.31. The van der Waals surface area contributed by atoms with Crippen LogP contribution >= 0.6 is 11.6 Å². The molecule has 1 N–H and O–H groups in total. The van der Waals surface area contributed by atoms with Gasteiger partial charge in [0, 0.05) is 12.1 Å². The molecule has 2 rings (SSSR count). The molecule has 0 bridgehead atoms. The molecule has 0 radical (unpaired) electrons. The van der Waals surface area contributed by atoms with E-state index >= 15 is 0 Å². The molecule has 1 atom stereocenters. The van der Waals surface area contributed by atoms with Gasteiger partial charge >= 0.3 is 0 Å². The molecule has 4 nitrogen and oxygen atoms in total. The molecule has 114 valence electrons. The van der Waals surface area contributed by atoms with E-state index in [1.807, 2.05) is 29.1 Å². The average Bonchev–Trinajstić information content (AvgIpc) is 2.90. The first kappa shape index (κ1) is 15.9. The Labute approximate surface area is 131 Å². The highest BCUT2D eigenvalue weighted by Crippen LogP contribution is 2.31. The van der Waals surface area contributed by atoms with E-state index in [9.17, 15) is 0 Å². The predicted molar refractivity (Wildman–Crippen MR) is 86.2 cm³/mol. The van der Waals surface area contributed by atoms with Crippen molar-refractivity contribution in [3.8, 4) is 11.5 Å². The summed E-state index contributed by atoms with van der Waals surface area (Å²) in [4.78, 5) is 0. The van der Waals surface area contributed by atoms with Crippen molar-refractivity contribution in [2.24, 2.45) is 0 Å². The minimum atomic E-state index is 0.269. The molecule has 1 aromatic carbocycles. The molecular formula is C16H22ClN3O. The molecule has 0 saturated carbocycles. The molecule has 5 heteroatoms. The number of halogens is 1. The summed E-state index contributed by atoms with van der Waals surface area (Å²) >= 11 is 6.31.